The minimum Gasteiger partial charge on any atom is -0.0621 e. The van der Waals surface area contributed by atoms with E-state index in [1.54, 1.807) is 0 Å². The van der Waals surface area contributed by atoms with E-state index < -0.39 is 0 Å². The van der Waals surface area contributed by atoms with Crippen LogP contribution in [0.25, 0.3) is 0 Å². The van der Waals surface area contributed by atoms with E-state index in [2.05, 4.69) is 54.1 Å². The maximum absolute atomic E-state index is 2.28. The van der Waals surface area contributed by atoms with Gasteiger partial charge in [-0.25, -0.2) is 0 Å². The molecule has 0 nitrogen and oxygen atoms in total. The van der Waals surface area contributed by atoms with Crippen LogP contribution in [-0.4, -0.2) is 0 Å². The van der Waals surface area contributed by atoms with Crippen molar-refractivity contribution < 1.29 is 0 Å². The Hall–Kier alpha value is -0.820. The molecule has 0 N–H and O–H groups in total. The second kappa shape index (κ2) is 5.78. The van der Waals surface area contributed by atoms with Gasteiger partial charge in [0.05, 0.1) is 0 Å². The largest absolute Gasteiger partial charge is 0.137 e. The fourth-order valence-corrected chi connectivity index (χ4v) is 2.39. The molecule has 1 aromatic rings. The van der Waals surface area contributed by atoms with Crippen molar-refractivity contribution in [3.05, 3.63) is 47.2 Å². The quantitative estimate of drug-likeness (QED) is 0.603. The summed E-state index contributed by atoms with van der Waals surface area (Å²) in [5, 5.41) is 4.56. The molecule has 0 fully saturated rings. The number of rotatable bonds is 2. The fourth-order valence-electron chi connectivity index (χ4n) is 0.966. The third-order valence-electron chi connectivity index (χ3n) is 1.50. The molecule has 64 valence electrons. The first-order chi connectivity index (χ1) is 5.93. The second-order valence-corrected chi connectivity index (χ2v) is 4.49. The topological polar surface area (TPSA) is 0 Å². The molecule has 12 heavy (non-hydrogen) atoms. The predicted octanol–water partition coefficient (Wildman–Crippen LogP) is 3.97. The van der Waals surface area contributed by atoms with Gasteiger partial charge in [0, 0.05) is 0 Å². The average Bonchev–Trinajstić information content (AvgIpc) is 2.19. The van der Waals surface area contributed by atoms with Crippen LogP contribution in [-0.2, 0) is 5.75 Å². The highest BCUT2D eigenvalue weighted by atomic mass is 32.2. The Labute approximate surface area is 77.2 Å². The first-order valence-electron chi connectivity index (χ1n) is 4.30. The van der Waals surface area contributed by atoms with Crippen molar-refractivity contribution in [1.29, 1.82) is 0 Å². The zero-order chi connectivity index (χ0) is 8.65. The van der Waals surface area contributed by atoms with Crippen molar-refractivity contribution in [2.75, 3.05) is 0 Å². The Morgan fingerprint density at radius 2 is 1.33 bits per heavy atom. The fraction of sp³-hybridized carbons (Fsp3) is 0.273. The Kier molecular flexibility index (Phi) is 4.47. The monoisotopic (exact) mass is 179 g/mol. The van der Waals surface area contributed by atoms with E-state index in [0.29, 0.717) is 10.5 Å². The Morgan fingerprint density at radius 3 is 1.83 bits per heavy atom. The molecule has 1 heterocycles. The smallest absolute Gasteiger partial charge is 0.0621 e. The van der Waals surface area contributed by atoms with Crippen molar-refractivity contribution in [3.63, 3.8) is 0 Å². The number of aryl methyl sites for hydroxylation is 1. The van der Waals surface area contributed by atoms with E-state index in [1.165, 1.54) is 12.2 Å². The minimum absolute atomic E-state index is 0.352. The molecule has 0 unspecified atom stereocenters. The zero-order valence-corrected chi connectivity index (χ0v) is 8.26. The van der Waals surface area contributed by atoms with Gasteiger partial charge in [-0.3, -0.25) is 0 Å². The minimum atomic E-state index is 0.352. The molecular weight excluding hydrogens is 164 g/mol. The summed E-state index contributed by atoms with van der Waals surface area (Å²) < 4.78 is 0. The van der Waals surface area contributed by atoms with Crippen molar-refractivity contribution in [2.45, 2.75) is 19.1 Å². The average molecular weight is 179 g/mol. The van der Waals surface area contributed by atoms with Gasteiger partial charge in [0.2, 0.25) is 0 Å². The van der Waals surface area contributed by atoms with Crippen molar-refractivity contribution >= 4 is 10.5 Å². The van der Waals surface area contributed by atoms with Crippen molar-refractivity contribution in [2.24, 2.45) is 0 Å². The molecule has 0 aliphatic rings. The molecule has 0 saturated heterocycles. The van der Waals surface area contributed by atoms with Crippen LogP contribution >= 0.6 is 10.5 Å². The van der Waals surface area contributed by atoms with Gasteiger partial charge in [0.15, 0.2) is 0 Å². The molecule has 0 aliphatic carbocycles. The van der Waals surface area contributed by atoms with E-state index in [1.807, 2.05) is 0 Å². The number of hydrogen-bond acceptors (Lipinski definition) is 0. The van der Waals surface area contributed by atoms with Gasteiger partial charge in [-0.05, 0) is 29.0 Å². The zero-order valence-electron chi connectivity index (χ0n) is 7.44. The van der Waals surface area contributed by atoms with Crippen LogP contribution in [0.5, 0.6) is 0 Å². The highest BCUT2D eigenvalue weighted by Gasteiger charge is 1.92. The summed E-state index contributed by atoms with van der Waals surface area (Å²) in [6, 6.07) is 12.6. The first-order valence-corrected chi connectivity index (χ1v) is 5.82. The van der Waals surface area contributed by atoms with Gasteiger partial charge in [0.1, 0.15) is 16.5 Å². The molecule has 0 bridgehead atoms. The normalized spacial score (nSPS) is 9.08. The van der Waals surface area contributed by atoms with Crippen LogP contribution in [0.2, 0.25) is 0 Å². The van der Waals surface area contributed by atoms with Gasteiger partial charge in [0.25, 0.3) is 0 Å². The summed E-state index contributed by atoms with van der Waals surface area (Å²) in [5.74, 6) is 1.27. The van der Waals surface area contributed by atoms with Crippen LogP contribution < -0.4 is 0 Å². The van der Waals surface area contributed by atoms with Crippen LogP contribution in [0.1, 0.15) is 13.3 Å². The first kappa shape index (κ1) is 9.27. The van der Waals surface area contributed by atoms with Crippen molar-refractivity contribution in [3.8, 4) is 0 Å². The molecule has 0 atom stereocenters. The van der Waals surface area contributed by atoms with E-state index in [9.17, 15) is 0 Å². The van der Waals surface area contributed by atoms with Gasteiger partial charge in [-0.2, -0.15) is 0 Å². The number of hydrogen-bond donors (Lipinski definition) is 0. The van der Waals surface area contributed by atoms with Crippen LogP contribution in [0.3, 0.4) is 0 Å². The van der Waals surface area contributed by atoms with Gasteiger partial charge >= 0.3 is 0 Å². The van der Waals surface area contributed by atoms with Crippen LogP contribution in [0, 0.1) is 0 Å². The maximum atomic E-state index is 2.28. The highest BCUT2D eigenvalue weighted by molar-refractivity contribution is 7.27. The summed E-state index contributed by atoms with van der Waals surface area (Å²) in [6.07, 6.45) is 1.26. The Morgan fingerprint density at radius 1 is 0.833 bits per heavy atom. The lowest BCUT2D eigenvalue weighted by Crippen LogP contribution is -1.65. The van der Waals surface area contributed by atoms with Gasteiger partial charge in [-0.1, -0.05) is 31.2 Å². The second-order valence-electron chi connectivity index (χ2n) is 2.60. The summed E-state index contributed by atoms with van der Waals surface area (Å²) >= 11 is 0. The lowest BCUT2D eigenvalue weighted by atomic mass is 10.5. The van der Waals surface area contributed by atoms with Gasteiger partial charge in [-0.15, -0.1) is 0 Å². The molecule has 0 saturated carbocycles. The highest BCUT2D eigenvalue weighted by Crippen LogP contribution is 2.15. The Bertz CT molecular complexity index is 237. The molecule has 1 rings (SSSR count). The molecule has 1 heteroatoms. The Balaban J connectivity index is 2.93. The van der Waals surface area contributed by atoms with E-state index in [-0.39, 0.29) is 0 Å². The maximum Gasteiger partial charge on any atom is 0.137 e. The molecule has 0 aliphatic heterocycles. The summed E-state index contributed by atoms with van der Waals surface area (Å²) in [7, 11) is 0.352. The lowest BCUT2D eigenvalue weighted by molar-refractivity contribution is 1.03. The van der Waals surface area contributed by atoms with E-state index in [0.717, 1.165) is 0 Å². The lowest BCUT2D eigenvalue weighted by Gasteiger charge is -1.81. The van der Waals surface area contributed by atoms with E-state index >= 15 is 0 Å². The standard InChI is InChI=1S/C11H15S/c1-2-9-12-10-7-5-3-4-6-8-11-12/h3-8,10-11H,2,9H2,1H3/q+1. The molecule has 0 amide bonds. The SMILES string of the molecule is CCC[s+]1cccccccc1. The van der Waals surface area contributed by atoms with Gasteiger partial charge < -0.3 is 0 Å². The predicted molar refractivity (Wildman–Crippen MR) is 56.8 cm³/mol. The molecule has 1 aromatic heterocycles. The summed E-state index contributed by atoms with van der Waals surface area (Å²) in [5.41, 5.74) is 0. The van der Waals surface area contributed by atoms with Crippen molar-refractivity contribution in [1.82, 2.24) is 0 Å². The molecular formula is C11H15S+. The van der Waals surface area contributed by atoms with Crippen LogP contribution in [0.15, 0.2) is 47.2 Å². The van der Waals surface area contributed by atoms with E-state index in [4.69, 9.17) is 0 Å². The van der Waals surface area contributed by atoms with Crippen LogP contribution in [0.4, 0.5) is 0 Å². The third kappa shape index (κ3) is 3.54. The molecule has 0 spiro atoms. The summed E-state index contributed by atoms with van der Waals surface area (Å²) in [4.78, 5) is 0. The summed E-state index contributed by atoms with van der Waals surface area (Å²) in [6.45, 7) is 2.23. The third-order valence-corrected chi connectivity index (χ3v) is 3.40. The molecule has 0 radical (unpaired) electrons. The molecule has 0 aromatic carbocycles.